The SMILES string of the molecule is CCCCn1c(=O)[nH]c(=O)c2c1nc(COC(=O)c1cc(Cl)c(OC)c(OC)c1)n2CCC. The van der Waals surface area contributed by atoms with Crippen LogP contribution < -0.4 is 20.7 Å². The molecule has 1 aromatic carbocycles. The van der Waals surface area contributed by atoms with Gasteiger partial charge in [0.1, 0.15) is 12.4 Å². The Morgan fingerprint density at radius 3 is 2.48 bits per heavy atom. The van der Waals surface area contributed by atoms with E-state index >= 15 is 0 Å². The number of imidazole rings is 1. The number of carbonyl (C=O) groups is 1. The summed E-state index contributed by atoms with van der Waals surface area (Å²) in [4.78, 5) is 44.5. The van der Waals surface area contributed by atoms with Crippen molar-refractivity contribution >= 4 is 28.7 Å². The summed E-state index contributed by atoms with van der Waals surface area (Å²) in [5, 5.41) is 0.202. The summed E-state index contributed by atoms with van der Waals surface area (Å²) in [7, 11) is 2.88. The Labute approximate surface area is 195 Å². The van der Waals surface area contributed by atoms with Crippen molar-refractivity contribution in [3.05, 3.63) is 49.4 Å². The number of hydrogen-bond acceptors (Lipinski definition) is 7. The lowest BCUT2D eigenvalue weighted by Gasteiger charge is -2.12. The van der Waals surface area contributed by atoms with Gasteiger partial charge in [-0.15, -0.1) is 0 Å². The fourth-order valence-electron chi connectivity index (χ4n) is 3.57. The number of nitrogens with zero attached hydrogens (tertiary/aromatic N) is 3. The second-order valence-corrected chi connectivity index (χ2v) is 7.79. The monoisotopic (exact) mass is 478 g/mol. The Balaban J connectivity index is 1.97. The molecule has 0 unspecified atom stereocenters. The Morgan fingerprint density at radius 2 is 1.85 bits per heavy atom. The highest BCUT2D eigenvalue weighted by Crippen LogP contribution is 2.36. The Hall–Kier alpha value is -3.27. The van der Waals surface area contributed by atoms with E-state index in [4.69, 9.17) is 25.8 Å². The molecule has 0 atom stereocenters. The normalized spacial score (nSPS) is 11.1. The molecule has 0 aliphatic rings. The molecular weight excluding hydrogens is 452 g/mol. The lowest BCUT2D eigenvalue weighted by molar-refractivity contribution is 0.0458. The number of aromatic amines is 1. The zero-order valence-electron chi connectivity index (χ0n) is 19.1. The molecule has 0 spiro atoms. The van der Waals surface area contributed by atoms with Crippen molar-refractivity contribution in [2.24, 2.45) is 0 Å². The topological polar surface area (TPSA) is 117 Å². The van der Waals surface area contributed by atoms with Crippen molar-refractivity contribution in [1.29, 1.82) is 0 Å². The molecule has 11 heteroatoms. The molecule has 0 saturated carbocycles. The lowest BCUT2D eigenvalue weighted by atomic mass is 10.2. The van der Waals surface area contributed by atoms with Gasteiger partial charge in [0, 0.05) is 13.1 Å². The average Bonchev–Trinajstić information content (AvgIpc) is 3.15. The summed E-state index contributed by atoms with van der Waals surface area (Å²) >= 11 is 6.19. The maximum absolute atomic E-state index is 12.7. The van der Waals surface area contributed by atoms with E-state index in [1.165, 1.54) is 30.9 Å². The summed E-state index contributed by atoms with van der Waals surface area (Å²) in [6, 6.07) is 2.89. The zero-order valence-corrected chi connectivity index (χ0v) is 19.8. The Bertz CT molecular complexity index is 1280. The first-order valence-corrected chi connectivity index (χ1v) is 11.0. The maximum atomic E-state index is 12.7. The third-order valence-electron chi connectivity index (χ3n) is 5.15. The van der Waals surface area contributed by atoms with Gasteiger partial charge in [0.05, 0.1) is 24.8 Å². The van der Waals surface area contributed by atoms with Gasteiger partial charge < -0.3 is 18.8 Å². The van der Waals surface area contributed by atoms with Gasteiger partial charge in [0.2, 0.25) is 0 Å². The molecular formula is C22H27ClN4O6. The van der Waals surface area contributed by atoms with E-state index in [1.54, 1.807) is 4.57 Å². The molecule has 2 aromatic heterocycles. The highest BCUT2D eigenvalue weighted by Gasteiger charge is 2.21. The lowest BCUT2D eigenvalue weighted by Crippen LogP contribution is -2.31. The van der Waals surface area contributed by atoms with Crippen LogP contribution >= 0.6 is 11.6 Å². The quantitative estimate of drug-likeness (QED) is 0.445. The van der Waals surface area contributed by atoms with E-state index in [0.717, 1.165) is 12.8 Å². The van der Waals surface area contributed by atoms with Crippen LogP contribution in [0.4, 0.5) is 0 Å². The minimum Gasteiger partial charge on any atom is -0.493 e. The van der Waals surface area contributed by atoms with Crippen molar-refractivity contribution < 1.29 is 19.0 Å². The molecule has 0 fully saturated rings. The number of aromatic nitrogens is 4. The van der Waals surface area contributed by atoms with Crippen LogP contribution in [0.25, 0.3) is 11.2 Å². The van der Waals surface area contributed by atoms with Crippen LogP contribution in [-0.4, -0.2) is 39.3 Å². The largest absolute Gasteiger partial charge is 0.493 e. The van der Waals surface area contributed by atoms with Crippen molar-refractivity contribution in [3.8, 4) is 11.5 Å². The van der Waals surface area contributed by atoms with Gasteiger partial charge in [0.15, 0.2) is 22.7 Å². The molecule has 33 heavy (non-hydrogen) atoms. The molecule has 0 amide bonds. The Morgan fingerprint density at radius 1 is 1.09 bits per heavy atom. The number of fused-ring (bicyclic) bond motifs is 1. The molecule has 1 N–H and O–H groups in total. The van der Waals surface area contributed by atoms with Crippen LogP contribution in [-0.2, 0) is 24.4 Å². The van der Waals surface area contributed by atoms with E-state index in [9.17, 15) is 14.4 Å². The van der Waals surface area contributed by atoms with Gasteiger partial charge in [0.25, 0.3) is 5.56 Å². The number of methoxy groups -OCH3 is 2. The minimum absolute atomic E-state index is 0.175. The number of unbranched alkanes of at least 4 members (excludes halogenated alkanes) is 1. The molecule has 178 valence electrons. The minimum atomic E-state index is -0.648. The van der Waals surface area contributed by atoms with Crippen molar-refractivity contribution in [2.75, 3.05) is 14.2 Å². The van der Waals surface area contributed by atoms with Crippen molar-refractivity contribution in [2.45, 2.75) is 52.8 Å². The van der Waals surface area contributed by atoms with Crippen molar-refractivity contribution in [3.63, 3.8) is 0 Å². The smallest absolute Gasteiger partial charge is 0.338 e. The first-order chi connectivity index (χ1) is 15.9. The van der Waals surface area contributed by atoms with Crippen LogP contribution in [0.5, 0.6) is 11.5 Å². The highest BCUT2D eigenvalue weighted by molar-refractivity contribution is 6.32. The molecule has 2 heterocycles. The van der Waals surface area contributed by atoms with E-state index in [-0.39, 0.29) is 28.4 Å². The second kappa shape index (κ2) is 10.6. The number of nitrogens with one attached hydrogen (secondary N) is 1. The second-order valence-electron chi connectivity index (χ2n) is 7.39. The van der Waals surface area contributed by atoms with Gasteiger partial charge in [-0.3, -0.25) is 14.3 Å². The van der Waals surface area contributed by atoms with E-state index in [0.29, 0.717) is 36.8 Å². The van der Waals surface area contributed by atoms with Crippen LogP contribution in [0.1, 0.15) is 49.3 Å². The maximum Gasteiger partial charge on any atom is 0.338 e. The van der Waals surface area contributed by atoms with E-state index in [1.807, 2.05) is 13.8 Å². The number of carbonyl (C=O) groups excluding carboxylic acids is 1. The molecule has 0 radical (unpaired) electrons. The summed E-state index contributed by atoms with van der Waals surface area (Å²) in [6.07, 6.45) is 2.35. The third kappa shape index (κ3) is 4.90. The van der Waals surface area contributed by atoms with Crippen molar-refractivity contribution in [1.82, 2.24) is 19.1 Å². The third-order valence-corrected chi connectivity index (χ3v) is 5.43. The van der Waals surface area contributed by atoms with Gasteiger partial charge in [-0.2, -0.15) is 0 Å². The summed E-state index contributed by atoms with van der Waals surface area (Å²) in [6.45, 7) is 4.67. The molecule has 0 saturated heterocycles. The van der Waals surface area contributed by atoms with Gasteiger partial charge in [-0.25, -0.2) is 14.6 Å². The fourth-order valence-corrected chi connectivity index (χ4v) is 3.85. The van der Waals surface area contributed by atoms with Crippen LogP contribution in [0.3, 0.4) is 0 Å². The van der Waals surface area contributed by atoms with Gasteiger partial charge in [-0.1, -0.05) is 31.9 Å². The fraction of sp³-hybridized carbons (Fsp3) is 0.455. The molecule has 10 nitrogen and oxygen atoms in total. The standard InChI is InChI=1S/C22H27ClN4O6/c1-5-7-9-27-19-17(20(28)25-22(27)30)26(8-6-2)16(24-19)12-33-21(29)13-10-14(23)18(32-4)15(11-13)31-3/h10-11H,5-9,12H2,1-4H3,(H,25,28,30). The van der Waals surface area contributed by atoms with Gasteiger partial charge in [-0.05, 0) is 25.0 Å². The number of esters is 1. The number of rotatable bonds is 10. The number of ether oxygens (including phenoxy) is 3. The van der Waals surface area contributed by atoms with Crippen LogP contribution in [0.15, 0.2) is 21.7 Å². The molecule has 3 rings (SSSR count). The predicted octanol–water partition coefficient (Wildman–Crippen LogP) is 3.12. The number of halogens is 1. The zero-order chi connectivity index (χ0) is 24.1. The summed E-state index contributed by atoms with van der Waals surface area (Å²) < 4.78 is 19.0. The summed E-state index contributed by atoms with van der Waals surface area (Å²) in [5.41, 5.74) is -0.286. The predicted molar refractivity (Wildman–Crippen MR) is 123 cm³/mol. The average molecular weight is 479 g/mol. The molecule has 0 aliphatic carbocycles. The molecule has 0 bridgehead atoms. The van der Waals surface area contributed by atoms with Crippen LogP contribution in [0, 0.1) is 0 Å². The van der Waals surface area contributed by atoms with E-state index in [2.05, 4.69) is 9.97 Å². The highest BCUT2D eigenvalue weighted by atomic mass is 35.5. The van der Waals surface area contributed by atoms with Crippen LogP contribution in [0.2, 0.25) is 5.02 Å². The van der Waals surface area contributed by atoms with E-state index < -0.39 is 17.2 Å². The first kappa shape index (κ1) is 24.4. The summed E-state index contributed by atoms with van der Waals surface area (Å²) in [5.74, 6) is 0.324. The first-order valence-electron chi connectivity index (χ1n) is 10.7. The number of H-pyrrole nitrogens is 1. The number of hydrogen-bond donors (Lipinski definition) is 1. The Kier molecular flexibility index (Phi) is 7.80. The molecule has 3 aromatic rings. The molecule has 0 aliphatic heterocycles. The van der Waals surface area contributed by atoms with Gasteiger partial charge >= 0.3 is 11.7 Å². The number of aryl methyl sites for hydroxylation is 2. The number of benzene rings is 1.